The van der Waals surface area contributed by atoms with Crippen LogP contribution in [0.4, 0.5) is 0 Å². The van der Waals surface area contributed by atoms with E-state index in [1.54, 1.807) is 0 Å². The van der Waals surface area contributed by atoms with Crippen LogP contribution in [0.25, 0.3) is 301 Å². The van der Waals surface area contributed by atoms with Gasteiger partial charge in [-0.1, -0.05) is 370 Å². The van der Waals surface area contributed by atoms with Crippen molar-refractivity contribution in [2.45, 2.75) is 13.8 Å². The monoisotopic (exact) mass is 1820 g/mol. The van der Waals surface area contributed by atoms with E-state index in [0.29, 0.717) is 0 Å². The number of aryl methyl sites for hydroxylation is 2. The lowest BCUT2D eigenvalue weighted by molar-refractivity contribution is 1.28. The van der Waals surface area contributed by atoms with Gasteiger partial charge in [-0.3, -0.25) is 15.0 Å². The van der Waals surface area contributed by atoms with Gasteiger partial charge in [0, 0.05) is 114 Å². The fourth-order valence-corrected chi connectivity index (χ4v) is 24.1. The van der Waals surface area contributed by atoms with Crippen LogP contribution >= 0.6 is 0 Å². The summed E-state index contributed by atoms with van der Waals surface area (Å²) < 4.78 is 7.30. The summed E-state index contributed by atoms with van der Waals surface area (Å²) in [6, 6.07) is 158. The van der Waals surface area contributed by atoms with Gasteiger partial charge in [-0.25, -0.2) is 15.0 Å². The SMILES string of the molecule is Cc1cc(-c2cnc3c4ccccc4c4ccccc4c3n2)c(C)cc1-c1ccc2c(c1)c1cccc3c4ccccc4n2c31.c1cc(-c2ccc(-c3cnc4c5ccccc5c5ccccc5c4n3)cc2)cc(-c2ccc3c(c2)c2cccc4c5ccccc5n3c42)c1.c1ccc(-c2ccccc2-c2cnc3c4ccccc4c4ccccc4c3n2)c(-c2ccc3c(c2)c2cccc4c5ccccc5n3c42)c1. The number of hydrogen-bond acceptors (Lipinski definition) is 6. The molecule has 0 unspecified atom stereocenters. The van der Waals surface area contributed by atoms with E-state index >= 15 is 0 Å². The predicted molar refractivity (Wildman–Crippen MR) is 601 cm³/mol. The zero-order chi connectivity index (χ0) is 93.9. The molecule has 0 saturated heterocycles. The second-order valence-corrected chi connectivity index (χ2v) is 38.2. The number of benzene rings is 23. The molecule has 23 aromatic carbocycles. The number of fused-ring (bicyclic) bond motifs is 36. The van der Waals surface area contributed by atoms with E-state index in [1.165, 1.54) is 208 Å². The van der Waals surface area contributed by atoms with Gasteiger partial charge in [-0.2, -0.15) is 0 Å². The summed E-state index contributed by atoms with van der Waals surface area (Å²) in [6.45, 7) is 4.40. The smallest absolute Gasteiger partial charge is 0.0979 e. The topological polar surface area (TPSA) is 90.6 Å². The number of aromatic nitrogens is 9. The van der Waals surface area contributed by atoms with Crippen molar-refractivity contribution in [2.75, 3.05) is 0 Å². The van der Waals surface area contributed by atoms with E-state index in [1.807, 2.05) is 18.6 Å². The van der Waals surface area contributed by atoms with Crippen molar-refractivity contribution in [1.29, 1.82) is 0 Å². The lowest BCUT2D eigenvalue weighted by Gasteiger charge is -2.15. The Morgan fingerprint density at radius 2 is 0.399 bits per heavy atom. The lowest BCUT2D eigenvalue weighted by Crippen LogP contribution is -1.95. The minimum absolute atomic E-state index is 0.866. The first-order valence-electron chi connectivity index (χ1n) is 49.0. The quantitative estimate of drug-likeness (QED) is 0.141. The molecule has 0 radical (unpaired) electrons. The third kappa shape index (κ3) is 12.1. The van der Waals surface area contributed by atoms with Crippen molar-refractivity contribution >= 4 is 212 Å². The predicted octanol–water partition coefficient (Wildman–Crippen LogP) is 35.2. The first-order chi connectivity index (χ1) is 70.8. The molecule has 0 atom stereocenters. The van der Waals surface area contributed by atoms with Gasteiger partial charge in [-0.15, -0.1) is 0 Å². The molecule has 0 aliphatic heterocycles. The third-order valence-corrected chi connectivity index (χ3v) is 30.5. The molecule has 0 spiro atoms. The highest BCUT2D eigenvalue weighted by Crippen LogP contribution is 2.49. The van der Waals surface area contributed by atoms with E-state index in [0.717, 1.165) is 105 Å². The van der Waals surface area contributed by atoms with Crippen molar-refractivity contribution in [2.24, 2.45) is 0 Å². The number of para-hydroxylation sites is 6. The van der Waals surface area contributed by atoms with Crippen LogP contribution in [-0.2, 0) is 0 Å². The van der Waals surface area contributed by atoms with Gasteiger partial charge in [0.15, 0.2) is 0 Å². The molecular weight excluding hydrogens is 1740 g/mol. The molecule has 9 heteroatoms. The maximum atomic E-state index is 5.36. The average molecular weight is 1820 g/mol. The van der Waals surface area contributed by atoms with Crippen molar-refractivity contribution in [3.05, 3.63) is 466 Å². The summed E-state index contributed by atoms with van der Waals surface area (Å²) in [5.74, 6) is 0. The molecule has 0 bridgehead atoms. The second kappa shape index (κ2) is 31.3. The third-order valence-electron chi connectivity index (χ3n) is 30.5. The zero-order valence-corrected chi connectivity index (χ0v) is 77.8. The second-order valence-electron chi connectivity index (χ2n) is 38.2. The Kier molecular flexibility index (Phi) is 17.5. The molecule has 0 saturated carbocycles. The lowest BCUT2D eigenvalue weighted by atomic mass is 9.90. The molecule has 0 aliphatic rings. The Morgan fingerprint density at radius 3 is 0.818 bits per heavy atom. The molecule has 9 aromatic heterocycles. The normalized spacial score (nSPS) is 12.1. The Bertz CT molecular complexity index is 10900. The molecule has 0 N–H and O–H groups in total. The Morgan fingerprint density at radius 1 is 0.147 bits per heavy atom. The van der Waals surface area contributed by atoms with Gasteiger partial charge in [0.25, 0.3) is 0 Å². The van der Waals surface area contributed by atoms with E-state index in [-0.39, 0.29) is 0 Å². The van der Waals surface area contributed by atoms with Gasteiger partial charge in [0.05, 0.1) is 118 Å². The molecule has 32 rings (SSSR count). The van der Waals surface area contributed by atoms with E-state index in [2.05, 4.69) is 464 Å². The number of rotatable bonds is 8. The van der Waals surface area contributed by atoms with Crippen molar-refractivity contribution in [3.8, 4) is 89.4 Å². The molecule has 9 nitrogen and oxygen atoms in total. The Balaban J connectivity index is 0.000000100. The molecule has 143 heavy (non-hydrogen) atoms. The van der Waals surface area contributed by atoms with Crippen LogP contribution in [0.3, 0.4) is 0 Å². The average Bonchev–Trinajstić information content (AvgIpc) is 1.58. The molecule has 662 valence electrons. The molecule has 9 heterocycles. The van der Waals surface area contributed by atoms with E-state index < -0.39 is 0 Å². The van der Waals surface area contributed by atoms with Crippen LogP contribution in [-0.4, -0.2) is 43.1 Å². The summed E-state index contributed by atoms with van der Waals surface area (Å²) in [5.41, 5.74) is 37.3. The summed E-state index contributed by atoms with van der Waals surface area (Å²) in [5, 5.41) is 29.6. The standard InChI is InChI=1S/2C46H27N3.C42H27N3/c1-3-14-36-33(11-1)34-12-2-4-15-37(34)45-44(36)47-27-41(48-45)29-21-19-28(20-22-29)30-9-7-10-31(25-30)32-23-24-43-40(26-32)39-17-8-16-38-35-13-5-6-18-42(35)49(43)46(38)39;1-2-13-30(29(12-1)28-24-25-43-40(26-28)39-22-11-21-38-35-18-9-10-23-42(35)49(43)46(38)39)31-14-3-6-17-34(31)41-27-47-44-36-19-7-4-15-32(36)33-16-5-8-20-37(33)45(44)48-41;1-24-21-35(37-23-43-40-30-13-5-3-10-27(30)28-11-4-6-14-31(28)41(40)44-37)25(2)20-34(24)26-18-19-39-36(22-26)33-16-9-15-32-29-12-7-8-17-38(29)45(39)42(32)33/h2*1-27H;3-23H,1-2H3. The fourth-order valence-electron chi connectivity index (χ4n) is 24.1. The zero-order valence-electron chi connectivity index (χ0n) is 77.8. The van der Waals surface area contributed by atoms with Crippen LogP contribution in [0.1, 0.15) is 11.1 Å². The van der Waals surface area contributed by atoms with Crippen molar-refractivity contribution in [1.82, 2.24) is 43.1 Å². The first kappa shape index (κ1) is 80.2. The van der Waals surface area contributed by atoms with Crippen LogP contribution in [0.2, 0.25) is 0 Å². The number of nitrogens with zero attached hydrogens (tertiary/aromatic N) is 9. The fraction of sp³-hybridized carbons (Fsp3) is 0.0149. The first-order valence-corrected chi connectivity index (χ1v) is 49.0. The van der Waals surface area contributed by atoms with Gasteiger partial charge >= 0.3 is 0 Å². The Hall–Kier alpha value is -19.0. The minimum atomic E-state index is 0.866. The van der Waals surface area contributed by atoms with Gasteiger partial charge in [0.1, 0.15) is 0 Å². The molecule has 0 fully saturated rings. The van der Waals surface area contributed by atoms with Crippen molar-refractivity contribution in [3.63, 3.8) is 0 Å². The largest absolute Gasteiger partial charge is 0.308 e. The maximum absolute atomic E-state index is 5.36. The maximum Gasteiger partial charge on any atom is 0.0979 e. The highest BCUT2D eigenvalue weighted by atomic mass is 14.9. The van der Waals surface area contributed by atoms with Gasteiger partial charge < -0.3 is 13.2 Å². The molecular formula is C134H81N9. The van der Waals surface area contributed by atoms with Crippen LogP contribution in [0, 0.1) is 13.8 Å². The molecule has 0 aliphatic carbocycles. The van der Waals surface area contributed by atoms with Gasteiger partial charge in [0.2, 0.25) is 0 Å². The van der Waals surface area contributed by atoms with Crippen molar-refractivity contribution < 1.29 is 0 Å². The summed E-state index contributed by atoms with van der Waals surface area (Å²) in [7, 11) is 0. The van der Waals surface area contributed by atoms with Gasteiger partial charge in [-0.05, 0) is 180 Å². The van der Waals surface area contributed by atoms with E-state index in [4.69, 9.17) is 29.9 Å². The number of hydrogen-bond donors (Lipinski definition) is 0. The molecule has 32 aromatic rings. The van der Waals surface area contributed by atoms with E-state index in [9.17, 15) is 0 Å². The highest BCUT2D eigenvalue weighted by Gasteiger charge is 2.26. The summed E-state index contributed by atoms with van der Waals surface area (Å²) in [4.78, 5) is 30.9. The summed E-state index contributed by atoms with van der Waals surface area (Å²) >= 11 is 0. The minimum Gasteiger partial charge on any atom is -0.308 e. The van der Waals surface area contributed by atoms with Crippen LogP contribution in [0.5, 0.6) is 0 Å². The Labute approximate surface area is 819 Å². The highest BCUT2D eigenvalue weighted by molar-refractivity contribution is 6.30. The molecule has 0 amide bonds. The van der Waals surface area contributed by atoms with Crippen LogP contribution in [0.15, 0.2) is 455 Å². The summed E-state index contributed by atoms with van der Waals surface area (Å²) in [6.07, 6.45) is 5.80. The van der Waals surface area contributed by atoms with Crippen LogP contribution < -0.4 is 0 Å².